The summed E-state index contributed by atoms with van der Waals surface area (Å²) < 4.78 is 0. The molecule has 1 atom stereocenters. The highest BCUT2D eigenvalue weighted by Crippen LogP contribution is 2.31. The highest BCUT2D eigenvalue weighted by Gasteiger charge is 2.20. The Balaban J connectivity index is 1.80. The molecule has 1 unspecified atom stereocenters. The van der Waals surface area contributed by atoms with Gasteiger partial charge in [0.25, 0.3) is 0 Å². The molecule has 1 aromatic heterocycles. The zero-order valence-corrected chi connectivity index (χ0v) is 11.8. The van der Waals surface area contributed by atoms with E-state index < -0.39 is 0 Å². The molecule has 1 nitrogen and oxygen atoms in total. The maximum atomic E-state index is 3.63. The van der Waals surface area contributed by atoms with Gasteiger partial charge >= 0.3 is 0 Å². The van der Waals surface area contributed by atoms with Crippen molar-refractivity contribution in [2.75, 3.05) is 11.9 Å². The van der Waals surface area contributed by atoms with Gasteiger partial charge in [-0.25, -0.2) is 0 Å². The van der Waals surface area contributed by atoms with E-state index >= 15 is 0 Å². The molecule has 0 saturated heterocycles. The second-order valence-corrected chi connectivity index (χ2v) is 6.38. The first-order chi connectivity index (χ1) is 8.72. The lowest BCUT2D eigenvalue weighted by Crippen LogP contribution is -2.25. The lowest BCUT2D eigenvalue weighted by Gasteiger charge is -2.27. The number of aryl methyl sites for hydroxylation is 2. The SMILES string of the molecule is Cc1cc(C)c2c(c1)CC(Cc1cccs1)CN2. The number of anilines is 1. The standard InChI is InChI=1S/C16H19NS/c1-11-6-12(2)16-14(7-11)8-13(10-17-16)9-15-4-3-5-18-15/h3-7,13,17H,8-10H2,1-2H3. The Labute approximate surface area is 113 Å². The van der Waals surface area contributed by atoms with Crippen LogP contribution in [0.5, 0.6) is 0 Å². The highest BCUT2D eigenvalue weighted by atomic mass is 32.1. The van der Waals surface area contributed by atoms with Crippen molar-refractivity contribution >= 4 is 17.0 Å². The van der Waals surface area contributed by atoms with Gasteiger partial charge in [-0.05, 0) is 55.2 Å². The lowest BCUT2D eigenvalue weighted by molar-refractivity contribution is 0.539. The molecule has 2 aromatic rings. The molecule has 2 heteroatoms. The summed E-state index contributed by atoms with van der Waals surface area (Å²) in [5.41, 5.74) is 5.65. The van der Waals surface area contributed by atoms with Crippen molar-refractivity contribution in [2.24, 2.45) is 5.92 Å². The van der Waals surface area contributed by atoms with Gasteiger partial charge in [-0.3, -0.25) is 0 Å². The molecule has 0 fully saturated rings. The van der Waals surface area contributed by atoms with Crippen LogP contribution in [0.3, 0.4) is 0 Å². The molecule has 0 radical (unpaired) electrons. The minimum atomic E-state index is 0.734. The van der Waals surface area contributed by atoms with Crippen LogP contribution >= 0.6 is 11.3 Å². The van der Waals surface area contributed by atoms with Crippen molar-refractivity contribution in [1.82, 2.24) is 0 Å². The quantitative estimate of drug-likeness (QED) is 0.850. The van der Waals surface area contributed by atoms with E-state index in [2.05, 4.69) is 48.8 Å². The van der Waals surface area contributed by atoms with Crippen LogP contribution in [-0.2, 0) is 12.8 Å². The summed E-state index contributed by atoms with van der Waals surface area (Å²) in [4.78, 5) is 1.51. The molecule has 0 amide bonds. The maximum absolute atomic E-state index is 3.63. The molecular formula is C16H19NS. The summed E-state index contributed by atoms with van der Waals surface area (Å²) >= 11 is 1.88. The van der Waals surface area contributed by atoms with Crippen LogP contribution < -0.4 is 5.32 Å². The number of nitrogens with one attached hydrogen (secondary N) is 1. The predicted octanol–water partition coefficient (Wildman–Crippen LogP) is 4.19. The monoisotopic (exact) mass is 257 g/mol. The minimum absolute atomic E-state index is 0.734. The fraction of sp³-hybridized carbons (Fsp3) is 0.375. The molecule has 0 aliphatic carbocycles. The Bertz CT molecular complexity index is 542. The topological polar surface area (TPSA) is 12.0 Å². The molecule has 1 aliphatic rings. The van der Waals surface area contributed by atoms with E-state index in [1.807, 2.05) is 11.3 Å². The summed E-state index contributed by atoms with van der Waals surface area (Å²) in [6.45, 7) is 5.50. The second kappa shape index (κ2) is 4.77. The summed E-state index contributed by atoms with van der Waals surface area (Å²) in [5.74, 6) is 0.734. The van der Waals surface area contributed by atoms with Crippen LogP contribution in [0, 0.1) is 19.8 Å². The van der Waals surface area contributed by atoms with Crippen LogP contribution in [0.2, 0.25) is 0 Å². The van der Waals surface area contributed by atoms with Crippen molar-refractivity contribution in [1.29, 1.82) is 0 Å². The molecule has 3 rings (SSSR count). The average Bonchev–Trinajstić information content (AvgIpc) is 2.81. The fourth-order valence-electron chi connectivity index (χ4n) is 2.96. The van der Waals surface area contributed by atoms with Crippen molar-refractivity contribution in [2.45, 2.75) is 26.7 Å². The largest absolute Gasteiger partial charge is 0.384 e. The van der Waals surface area contributed by atoms with Crippen LogP contribution in [0.25, 0.3) is 0 Å². The zero-order chi connectivity index (χ0) is 12.5. The number of thiophene rings is 1. The summed E-state index contributed by atoms with van der Waals surface area (Å²) in [5, 5.41) is 5.80. The van der Waals surface area contributed by atoms with E-state index in [1.165, 1.54) is 40.1 Å². The van der Waals surface area contributed by atoms with E-state index in [-0.39, 0.29) is 0 Å². The lowest BCUT2D eigenvalue weighted by atomic mass is 9.88. The first-order valence-electron chi connectivity index (χ1n) is 6.59. The van der Waals surface area contributed by atoms with E-state index in [9.17, 15) is 0 Å². The number of hydrogen-bond acceptors (Lipinski definition) is 2. The molecule has 1 aromatic carbocycles. The van der Waals surface area contributed by atoms with Gasteiger partial charge in [0.15, 0.2) is 0 Å². The first-order valence-corrected chi connectivity index (χ1v) is 7.46. The van der Waals surface area contributed by atoms with Gasteiger partial charge in [-0.2, -0.15) is 0 Å². The summed E-state index contributed by atoms with van der Waals surface area (Å²) in [7, 11) is 0. The van der Waals surface area contributed by atoms with Crippen molar-refractivity contribution in [3.05, 3.63) is 51.2 Å². The van der Waals surface area contributed by atoms with Gasteiger partial charge in [-0.15, -0.1) is 11.3 Å². The molecule has 0 spiro atoms. The van der Waals surface area contributed by atoms with E-state index in [1.54, 1.807) is 0 Å². The van der Waals surface area contributed by atoms with Crippen LogP contribution in [-0.4, -0.2) is 6.54 Å². The van der Waals surface area contributed by atoms with Gasteiger partial charge in [0, 0.05) is 17.1 Å². The third-order valence-electron chi connectivity index (χ3n) is 3.71. The van der Waals surface area contributed by atoms with Crippen LogP contribution in [0.4, 0.5) is 5.69 Å². The fourth-order valence-corrected chi connectivity index (χ4v) is 3.78. The van der Waals surface area contributed by atoms with E-state index in [4.69, 9.17) is 0 Å². The van der Waals surface area contributed by atoms with Gasteiger partial charge in [0.05, 0.1) is 0 Å². The zero-order valence-electron chi connectivity index (χ0n) is 11.0. The van der Waals surface area contributed by atoms with Crippen molar-refractivity contribution in [3.8, 4) is 0 Å². The number of rotatable bonds is 2. The smallest absolute Gasteiger partial charge is 0.0402 e. The molecule has 0 saturated carbocycles. The first kappa shape index (κ1) is 11.8. The van der Waals surface area contributed by atoms with Crippen molar-refractivity contribution in [3.63, 3.8) is 0 Å². The summed E-state index contributed by atoms with van der Waals surface area (Å²) in [6, 6.07) is 9.02. The number of benzene rings is 1. The number of hydrogen-bond donors (Lipinski definition) is 1. The molecule has 1 N–H and O–H groups in total. The van der Waals surface area contributed by atoms with Gasteiger partial charge in [-0.1, -0.05) is 23.8 Å². The second-order valence-electron chi connectivity index (χ2n) is 5.35. The van der Waals surface area contributed by atoms with Gasteiger partial charge < -0.3 is 5.32 Å². The molecular weight excluding hydrogens is 238 g/mol. The molecule has 0 bridgehead atoms. The predicted molar refractivity (Wildman–Crippen MR) is 79.6 cm³/mol. The van der Waals surface area contributed by atoms with E-state index in [0.29, 0.717) is 0 Å². The van der Waals surface area contributed by atoms with Gasteiger partial charge in [0.2, 0.25) is 0 Å². The highest BCUT2D eigenvalue weighted by molar-refractivity contribution is 7.09. The van der Waals surface area contributed by atoms with Gasteiger partial charge in [0.1, 0.15) is 0 Å². The van der Waals surface area contributed by atoms with Crippen molar-refractivity contribution < 1.29 is 0 Å². The van der Waals surface area contributed by atoms with Crippen LogP contribution in [0.15, 0.2) is 29.6 Å². The Morgan fingerprint density at radius 3 is 3.00 bits per heavy atom. The molecule has 2 heterocycles. The average molecular weight is 257 g/mol. The Kier molecular flexibility index (Phi) is 3.13. The Morgan fingerprint density at radius 2 is 2.22 bits per heavy atom. The normalized spacial score (nSPS) is 18.2. The Hall–Kier alpha value is -1.28. The maximum Gasteiger partial charge on any atom is 0.0402 e. The third kappa shape index (κ3) is 2.30. The molecule has 1 aliphatic heterocycles. The molecule has 94 valence electrons. The minimum Gasteiger partial charge on any atom is -0.384 e. The molecule has 18 heavy (non-hydrogen) atoms. The van der Waals surface area contributed by atoms with E-state index in [0.717, 1.165) is 12.5 Å². The Morgan fingerprint density at radius 1 is 1.33 bits per heavy atom. The van der Waals surface area contributed by atoms with Crippen LogP contribution in [0.1, 0.15) is 21.6 Å². The third-order valence-corrected chi connectivity index (χ3v) is 4.61. The summed E-state index contributed by atoms with van der Waals surface area (Å²) in [6.07, 6.45) is 2.42. The number of fused-ring (bicyclic) bond motifs is 1.